The molecule has 0 aliphatic rings. The van der Waals surface area contributed by atoms with Crippen LogP contribution in [0.2, 0.25) is 0 Å². The van der Waals surface area contributed by atoms with E-state index in [1.54, 1.807) is 10.9 Å². The van der Waals surface area contributed by atoms with Crippen molar-refractivity contribution in [3.8, 4) is 5.75 Å². The van der Waals surface area contributed by atoms with Crippen molar-refractivity contribution in [2.24, 2.45) is 0 Å². The van der Waals surface area contributed by atoms with Gasteiger partial charge < -0.3 is 9.84 Å². The fourth-order valence-corrected chi connectivity index (χ4v) is 2.22. The maximum atomic E-state index is 10.2. The van der Waals surface area contributed by atoms with Gasteiger partial charge in [-0.15, -0.1) is 0 Å². The van der Waals surface area contributed by atoms with Crippen LogP contribution in [-0.4, -0.2) is 14.9 Å². The fourth-order valence-electron chi connectivity index (χ4n) is 2.22. The number of aliphatic hydroxyl groups excluding tert-OH is 1. The van der Waals surface area contributed by atoms with E-state index in [2.05, 4.69) is 5.10 Å². The summed E-state index contributed by atoms with van der Waals surface area (Å²) in [6, 6.07) is 19.4. The van der Waals surface area contributed by atoms with Crippen molar-refractivity contribution in [3.63, 3.8) is 0 Å². The molecule has 0 saturated heterocycles. The molecule has 2 aromatic carbocycles. The van der Waals surface area contributed by atoms with Gasteiger partial charge in [0.1, 0.15) is 12.4 Å². The first kappa shape index (κ1) is 14.4. The van der Waals surface area contributed by atoms with Crippen molar-refractivity contribution in [1.82, 2.24) is 9.78 Å². The molecule has 0 amide bonds. The van der Waals surface area contributed by atoms with Crippen LogP contribution in [0.3, 0.4) is 0 Å². The lowest BCUT2D eigenvalue weighted by Gasteiger charge is -2.12. The Labute approximate surface area is 129 Å². The first-order valence-electron chi connectivity index (χ1n) is 7.23. The lowest BCUT2D eigenvalue weighted by molar-refractivity contribution is 0.151. The van der Waals surface area contributed by atoms with Gasteiger partial charge in [0.25, 0.3) is 0 Å². The maximum absolute atomic E-state index is 10.2. The third-order valence-electron chi connectivity index (χ3n) is 3.43. The number of aliphatic hydroxyl groups is 1. The molecule has 0 aliphatic heterocycles. The van der Waals surface area contributed by atoms with Gasteiger partial charge in [-0.05, 0) is 29.3 Å². The zero-order valence-electron chi connectivity index (χ0n) is 12.2. The minimum atomic E-state index is -0.580. The summed E-state index contributed by atoms with van der Waals surface area (Å²) in [5.74, 6) is 0.791. The molecule has 22 heavy (non-hydrogen) atoms. The van der Waals surface area contributed by atoms with Crippen LogP contribution in [0.1, 0.15) is 17.2 Å². The largest absolute Gasteiger partial charge is 0.489 e. The minimum absolute atomic E-state index is 0.442. The van der Waals surface area contributed by atoms with Gasteiger partial charge in [0.05, 0.1) is 12.6 Å². The van der Waals surface area contributed by atoms with Gasteiger partial charge in [-0.2, -0.15) is 5.10 Å². The van der Waals surface area contributed by atoms with E-state index in [1.807, 2.05) is 66.9 Å². The monoisotopic (exact) mass is 294 g/mol. The highest BCUT2D eigenvalue weighted by atomic mass is 16.5. The zero-order chi connectivity index (χ0) is 15.2. The zero-order valence-corrected chi connectivity index (χ0v) is 12.2. The highest BCUT2D eigenvalue weighted by Gasteiger charge is 2.08. The van der Waals surface area contributed by atoms with E-state index in [0.717, 1.165) is 16.9 Å². The van der Waals surface area contributed by atoms with E-state index in [4.69, 9.17) is 4.74 Å². The summed E-state index contributed by atoms with van der Waals surface area (Å²) < 4.78 is 7.45. The summed E-state index contributed by atoms with van der Waals surface area (Å²) in [5, 5.41) is 14.3. The maximum Gasteiger partial charge on any atom is 0.119 e. The van der Waals surface area contributed by atoms with E-state index in [0.29, 0.717) is 13.2 Å². The van der Waals surface area contributed by atoms with Crippen LogP contribution in [0.4, 0.5) is 0 Å². The summed E-state index contributed by atoms with van der Waals surface area (Å²) in [7, 11) is 0. The second kappa shape index (κ2) is 6.91. The normalized spacial score (nSPS) is 12.0. The van der Waals surface area contributed by atoms with E-state index >= 15 is 0 Å². The van der Waals surface area contributed by atoms with Gasteiger partial charge >= 0.3 is 0 Å². The van der Waals surface area contributed by atoms with Crippen molar-refractivity contribution in [1.29, 1.82) is 0 Å². The Bertz CT molecular complexity index is 679. The molecule has 1 N–H and O–H groups in total. The van der Waals surface area contributed by atoms with E-state index in [1.165, 1.54) is 0 Å². The lowest BCUT2D eigenvalue weighted by atomic mass is 10.1. The molecule has 0 radical (unpaired) electrons. The molecule has 112 valence electrons. The van der Waals surface area contributed by atoms with Crippen LogP contribution in [0.5, 0.6) is 5.75 Å². The average Bonchev–Trinajstić information content (AvgIpc) is 3.07. The predicted molar refractivity (Wildman–Crippen MR) is 84.4 cm³/mol. The lowest BCUT2D eigenvalue weighted by Crippen LogP contribution is -2.08. The molecule has 0 saturated carbocycles. The first-order chi connectivity index (χ1) is 10.8. The smallest absolute Gasteiger partial charge is 0.119 e. The van der Waals surface area contributed by atoms with Crippen molar-refractivity contribution in [3.05, 3.63) is 84.2 Å². The molecule has 0 spiro atoms. The van der Waals surface area contributed by atoms with Crippen molar-refractivity contribution < 1.29 is 9.84 Å². The molecule has 0 fully saturated rings. The van der Waals surface area contributed by atoms with E-state index in [-0.39, 0.29) is 0 Å². The summed E-state index contributed by atoms with van der Waals surface area (Å²) in [6.07, 6.45) is 2.96. The number of rotatable bonds is 6. The van der Waals surface area contributed by atoms with Crippen LogP contribution in [-0.2, 0) is 13.2 Å². The van der Waals surface area contributed by atoms with Crippen LogP contribution < -0.4 is 4.74 Å². The van der Waals surface area contributed by atoms with Crippen molar-refractivity contribution in [2.45, 2.75) is 19.3 Å². The first-order valence-corrected chi connectivity index (χ1v) is 7.23. The molecule has 1 heterocycles. The number of hydrogen-bond acceptors (Lipinski definition) is 3. The Balaban J connectivity index is 1.58. The standard InChI is InChI=1S/C18H18N2O2/c21-18(13-20-12-4-11-19-20)16-7-9-17(10-8-16)22-14-15-5-2-1-3-6-15/h1-12,18,21H,13-14H2. The molecule has 1 aromatic heterocycles. The Hall–Kier alpha value is -2.59. The van der Waals surface area contributed by atoms with Gasteiger partial charge in [0.15, 0.2) is 0 Å². The third-order valence-corrected chi connectivity index (χ3v) is 3.43. The second-order valence-corrected chi connectivity index (χ2v) is 5.09. The van der Waals surface area contributed by atoms with Gasteiger partial charge in [0, 0.05) is 12.4 Å². The van der Waals surface area contributed by atoms with Crippen LogP contribution >= 0.6 is 0 Å². The third kappa shape index (κ3) is 3.74. The van der Waals surface area contributed by atoms with Crippen molar-refractivity contribution >= 4 is 0 Å². The Morgan fingerprint density at radius 3 is 2.45 bits per heavy atom. The summed E-state index contributed by atoms with van der Waals surface area (Å²) in [5.41, 5.74) is 1.98. The Kier molecular flexibility index (Phi) is 4.51. The topological polar surface area (TPSA) is 47.3 Å². The van der Waals surface area contributed by atoms with E-state index < -0.39 is 6.10 Å². The Morgan fingerprint density at radius 1 is 1.00 bits per heavy atom. The van der Waals surface area contributed by atoms with Gasteiger partial charge in [-0.25, -0.2) is 0 Å². The molecular weight excluding hydrogens is 276 g/mol. The number of nitrogens with zero attached hydrogens (tertiary/aromatic N) is 2. The SMILES string of the molecule is OC(Cn1cccn1)c1ccc(OCc2ccccc2)cc1. The average molecular weight is 294 g/mol. The van der Waals surface area contributed by atoms with Gasteiger partial charge in [-0.3, -0.25) is 4.68 Å². The number of aromatic nitrogens is 2. The molecule has 0 bridgehead atoms. The van der Waals surface area contributed by atoms with Crippen molar-refractivity contribution in [2.75, 3.05) is 0 Å². The molecule has 4 nitrogen and oxygen atoms in total. The van der Waals surface area contributed by atoms with E-state index in [9.17, 15) is 5.11 Å². The number of hydrogen-bond donors (Lipinski definition) is 1. The van der Waals surface area contributed by atoms with Gasteiger partial charge in [-0.1, -0.05) is 42.5 Å². The molecule has 0 aliphatic carbocycles. The highest BCUT2D eigenvalue weighted by Crippen LogP contribution is 2.19. The quantitative estimate of drug-likeness (QED) is 0.759. The molecule has 1 atom stereocenters. The second-order valence-electron chi connectivity index (χ2n) is 5.09. The Morgan fingerprint density at radius 2 is 1.77 bits per heavy atom. The molecular formula is C18H18N2O2. The van der Waals surface area contributed by atoms with Crippen LogP contribution in [0.15, 0.2) is 73.1 Å². The van der Waals surface area contributed by atoms with Gasteiger partial charge in [0.2, 0.25) is 0 Å². The molecule has 3 rings (SSSR count). The molecule has 1 unspecified atom stereocenters. The van der Waals surface area contributed by atoms with Crippen LogP contribution in [0, 0.1) is 0 Å². The fraction of sp³-hybridized carbons (Fsp3) is 0.167. The summed E-state index contributed by atoms with van der Waals surface area (Å²) >= 11 is 0. The number of ether oxygens (including phenoxy) is 1. The predicted octanol–water partition coefficient (Wildman–Crippen LogP) is 3.20. The number of benzene rings is 2. The minimum Gasteiger partial charge on any atom is -0.489 e. The highest BCUT2D eigenvalue weighted by molar-refractivity contribution is 5.29. The summed E-state index contributed by atoms with van der Waals surface area (Å²) in [4.78, 5) is 0. The van der Waals surface area contributed by atoms with Crippen LogP contribution in [0.25, 0.3) is 0 Å². The molecule has 3 aromatic rings. The summed E-state index contributed by atoms with van der Waals surface area (Å²) in [6.45, 7) is 0.979. The molecule has 4 heteroatoms.